The lowest BCUT2D eigenvalue weighted by molar-refractivity contribution is -0.119. The van der Waals surface area contributed by atoms with Crippen molar-refractivity contribution in [2.75, 3.05) is 22.4 Å². The number of rotatable bonds is 5. The van der Waals surface area contributed by atoms with E-state index >= 15 is 0 Å². The van der Waals surface area contributed by atoms with Crippen molar-refractivity contribution in [1.82, 2.24) is 4.98 Å². The molecule has 0 saturated heterocycles. The fraction of sp³-hybridized carbons (Fsp3) is 0.444. The van der Waals surface area contributed by atoms with Gasteiger partial charge >= 0.3 is 0 Å². The number of thiazole rings is 1. The molecule has 6 nitrogen and oxygen atoms in total. The summed E-state index contributed by atoms with van der Waals surface area (Å²) in [5, 5.41) is 3.48. The molecule has 2 heterocycles. The van der Waals surface area contributed by atoms with Gasteiger partial charge in [-0.05, 0) is 37.5 Å². The van der Waals surface area contributed by atoms with E-state index in [0.29, 0.717) is 18.1 Å². The highest BCUT2D eigenvalue weighted by atomic mass is 32.2. The topological polar surface area (TPSA) is 79.4 Å². The first-order valence-corrected chi connectivity index (χ1v) is 11.3. The highest BCUT2D eigenvalue weighted by Crippen LogP contribution is 2.36. The molecule has 0 spiro atoms. The zero-order valence-electron chi connectivity index (χ0n) is 15.4. The van der Waals surface area contributed by atoms with Crippen LogP contribution in [0.25, 0.3) is 11.3 Å². The Morgan fingerprint density at radius 1 is 1.42 bits per heavy atom. The standard InChI is InChI=1S/C18H23N3O3S2/c1-5-11(2)17(22)20-18-19-16(12(3)25-18)14-6-7-15-13(10-14)8-9-21(15)26(4,23)24/h6-7,10-11H,5,8-9H2,1-4H3,(H,19,20,22)/t11-/m0/s1. The zero-order chi connectivity index (χ0) is 19.1. The van der Waals surface area contributed by atoms with Crippen molar-refractivity contribution in [2.45, 2.75) is 33.6 Å². The number of fused-ring (bicyclic) bond motifs is 1. The van der Waals surface area contributed by atoms with Crippen molar-refractivity contribution in [3.05, 3.63) is 28.6 Å². The molecule has 3 rings (SSSR count). The number of anilines is 2. The summed E-state index contributed by atoms with van der Waals surface area (Å²) < 4.78 is 25.2. The molecule has 1 N–H and O–H groups in total. The second kappa shape index (κ2) is 7.00. The number of aryl methyl sites for hydroxylation is 1. The summed E-state index contributed by atoms with van der Waals surface area (Å²) in [6, 6.07) is 5.74. The summed E-state index contributed by atoms with van der Waals surface area (Å²) in [5.41, 5.74) is 3.52. The molecule has 140 valence electrons. The van der Waals surface area contributed by atoms with E-state index in [0.717, 1.165) is 33.8 Å². The Bertz CT molecular complexity index is 951. The van der Waals surface area contributed by atoms with E-state index in [1.54, 1.807) is 0 Å². The average Bonchev–Trinajstić information content (AvgIpc) is 3.16. The van der Waals surface area contributed by atoms with Gasteiger partial charge in [-0.25, -0.2) is 13.4 Å². The molecule has 2 aromatic rings. The summed E-state index contributed by atoms with van der Waals surface area (Å²) in [7, 11) is -3.25. The first-order chi connectivity index (χ1) is 12.2. The number of carbonyl (C=O) groups excluding carboxylic acids is 1. The summed E-state index contributed by atoms with van der Waals surface area (Å²) in [6.45, 7) is 6.32. The van der Waals surface area contributed by atoms with E-state index in [1.165, 1.54) is 21.9 Å². The maximum Gasteiger partial charge on any atom is 0.232 e. The molecule has 0 unspecified atom stereocenters. The minimum atomic E-state index is -3.25. The number of nitrogens with zero attached hydrogens (tertiary/aromatic N) is 2. The van der Waals surface area contributed by atoms with Crippen molar-refractivity contribution in [1.29, 1.82) is 0 Å². The van der Waals surface area contributed by atoms with Gasteiger partial charge in [-0.15, -0.1) is 11.3 Å². The fourth-order valence-corrected chi connectivity index (χ4v) is 4.79. The van der Waals surface area contributed by atoms with Gasteiger partial charge in [0.15, 0.2) is 5.13 Å². The van der Waals surface area contributed by atoms with Crippen LogP contribution in [0.2, 0.25) is 0 Å². The Hall–Kier alpha value is -1.93. The number of carbonyl (C=O) groups is 1. The van der Waals surface area contributed by atoms with Gasteiger partial charge in [0.1, 0.15) is 0 Å². The summed E-state index contributed by atoms with van der Waals surface area (Å²) in [6.07, 6.45) is 2.70. The van der Waals surface area contributed by atoms with E-state index in [4.69, 9.17) is 0 Å². The highest BCUT2D eigenvalue weighted by Gasteiger charge is 2.26. The number of aromatic nitrogens is 1. The molecule has 1 amide bonds. The van der Waals surface area contributed by atoms with Gasteiger partial charge in [0.05, 0.1) is 17.6 Å². The van der Waals surface area contributed by atoms with Crippen LogP contribution in [0.1, 0.15) is 30.7 Å². The predicted octanol–water partition coefficient (Wildman–Crippen LogP) is 3.43. The molecular weight excluding hydrogens is 370 g/mol. The monoisotopic (exact) mass is 393 g/mol. The molecule has 0 fully saturated rings. The SMILES string of the molecule is CC[C@H](C)C(=O)Nc1nc(-c2ccc3c(c2)CCN3S(C)(=O)=O)c(C)s1. The second-order valence-electron chi connectivity index (χ2n) is 6.65. The number of nitrogens with one attached hydrogen (secondary N) is 1. The maximum atomic E-state index is 12.1. The van der Waals surface area contributed by atoms with Gasteiger partial charge in [0, 0.05) is 22.9 Å². The third kappa shape index (κ3) is 3.61. The van der Waals surface area contributed by atoms with Crippen LogP contribution in [0.5, 0.6) is 0 Å². The maximum absolute atomic E-state index is 12.1. The molecule has 8 heteroatoms. The molecule has 0 aliphatic carbocycles. The first kappa shape index (κ1) is 18.8. The Kier molecular flexibility index (Phi) is 5.07. The zero-order valence-corrected chi connectivity index (χ0v) is 17.0. The van der Waals surface area contributed by atoms with Crippen LogP contribution >= 0.6 is 11.3 Å². The second-order valence-corrected chi connectivity index (χ2v) is 9.76. The van der Waals surface area contributed by atoms with Gasteiger partial charge in [0.25, 0.3) is 0 Å². The van der Waals surface area contributed by atoms with E-state index in [2.05, 4.69) is 10.3 Å². The average molecular weight is 394 g/mol. The Morgan fingerprint density at radius 3 is 2.81 bits per heavy atom. The van der Waals surface area contributed by atoms with Crippen LogP contribution in [-0.2, 0) is 21.2 Å². The number of benzene rings is 1. The highest BCUT2D eigenvalue weighted by molar-refractivity contribution is 7.92. The Labute approximate surface area is 158 Å². The molecule has 0 radical (unpaired) electrons. The van der Waals surface area contributed by atoms with Crippen molar-refractivity contribution >= 4 is 38.1 Å². The molecular formula is C18H23N3O3S2. The van der Waals surface area contributed by atoms with Crippen molar-refractivity contribution in [3.8, 4) is 11.3 Å². The molecule has 1 atom stereocenters. The van der Waals surface area contributed by atoms with Crippen LogP contribution < -0.4 is 9.62 Å². The third-order valence-electron chi connectivity index (χ3n) is 4.69. The van der Waals surface area contributed by atoms with Gasteiger partial charge in [-0.1, -0.05) is 19.9 Å². The Morgan fingerprint density at radius 2 is 2.15 bits per heavy atom. The summed E-state index contributed by atoms with van der Waals surface area (Å²) >= 11 is 1.45. The number of hydrogen-bond acceptors (Lipinski definition) is 5. The lowest BCUT2D eigenvalue weighted by atomic mass is 10.1. The predicted molar refractivity (Wildman–Crippen MR) is 106 cm³/mol. The lowest BCUT2D eigenvalue weighted by Gasteiger charge is -2.16. The number of amides is 1. The summed E-state index contributed by atoms with van der Waals surface area (Å²) in [4.78, 5) is 17.7. The normalized spacial score (nSPS) is 15.0. The number of hydrogen-bond donors (Lipinski definition) is 1. The van der Waals surface area contributed by atoms with Crippen LogP contribution in [0, 0.1) is 12.8 Å². The Balaban J connectivity index is 1.88. The largest absolute Gasteiger partial charge is 0.302 e. The van der Waals surface area contributed by atoms with E-state index in [-0.39, 0.29) is 11.8 Å². The van der Waals surface area contributed by atoms with Crippen molar-refractivity contribution < 1.29 is 13.2 Å². The molecule has 0 bridgehead atoms. The van der Waals surface area contributed by atoms with Crippen molar-refractivity contribution in [3.63, 3.8) is 0 Å². The van der Waals surface area contributed by atoms with Crippen LogP contribution in [-0.4, -0.2) is 32.1 Å². The number of sulfonamides is 1. The smallest absolute Gasteiger partial charge is 0.232 e. The molecule has 1 aromatic carbocycles. The lowest BCUT2D eigenvalue weighted by Crippen LogP contribution is -2.27. The molecule has 1 aliphatic rings. The van der Waals surface area contributed by atoms with Gasteiger partial charge < -0.3 is 5.32 Å². The van der Waals surface area contributed by atoms with Gasteiger partial charge in [-0.2, -0.15) is 0 Å². The minimum absolute atomic E-state index is 0.0226. The first-order valence-electron chi connectivity index (χ1n) is 8.60. The van der Waals surface area contributed by atoms with Gasteiger partial charge in [0.2, 0.25) is 15.9 Å². The van der Waals surface area contributed by atoms with E-state index < -0.39 is 10.0 Å². The molecule has 0 saturated carbocycles. The van der Waals surface area contributed by atoms with Gasteiger partial charge in [-0.3, -0.25) is 9.10 Å². The van der Waals surface area contributed by atoms with Crippen molar-refractivity contribution in [2.24, 2.45) is 5.92 Å². The minimum Gasteiger partial charge on any atom is -0.302 e. The molecule has 1 aliphatic heterocycles. The van der Waals surface area contributed by atoms with E-state index in [9.17, 15) is 13.2 Å². The summed E-state index contributed by atoms with van der Waals surface area (Å²) in [5.74, 6) is -0.0739. The van der Waals surface area contributed by atoms with Crippen LogP contribution in [0.4, 0.5) is 10.8 Å². The molecule has 1 aromatic heterocycles. The van der Waals surface area contributed by atoms with Crippen LogP contribution in [0.3, 0.4) is 0 Å². The third-order valence-corrected chi connectivity index (χ3v) is 6.76. The van der Waals surface area contributed by atoms with Crippen LogP contribution in [0.15, 0.2) is 18.2 Å². The van der Waals surface area contributed by atoms with E-state index in [1.807, 2.05) is 39.0 Å². The molecule has 26 heavy (non-hydrogen) atoms. The fourth-order valence-electron chi connectivity index (χ4n) is 2.99. The quantitative estimate of drug-likeness (QED) is 0.844.